The maximum Gasteiger partial charge on any atom is -0.0319 e. The average Bonchev–Trinajstić information content (AvgIpc) is 2.41. The van der Waals surface area contributed by atoms with Crippen LogP contribution in [0.15, 0.2) is 12.2 Å². The van der Waals surface area contributed by atoms with E-state index < -0.39 is 0 Å². The van der Waals surface area contributed by atoms with Gasteiger partial charge in [-0.3, -0.25) is 0 Å². The molecule has 7 heavy (non-hydrogen) atoms. The van der Waals surface area contributed by atoms with Gasteiger partial charge in [-0.2, -0.15) is 0 Å². The molecule has 0 heteroatoms. The first kappa shape index (κ1) is 3.71. The molecule has 2 aliphatic carbocycles. The van der Waals surface area contributed by atoms with Gasteiger partial charge in [0.25, 0.3) is 0 Å². The van der Waals surface area contributed by atoms with E-state index in [1.807, 2.05) is 0 Å². The molecule has 2 rings (SSSR count). The standard InChI is InChI=1S/C7H10/c1-2-4-7-5-6(7)3-1/h1-2,6-7H,3-5H2/t6-,7+. The number of fused-ring (bicyclic) bond motifs is 1. The molecule has 0 aromatic heterocycles. The Kier molecular flexibility index (Phi) is 0.592. The van der Waals surface area contributed by atoms with Gasteiger partial charge in [0.1, 0.15) is 0 Å². The van der Waals surface area contributed by atoms with Gasteiger partial charge >= 0.3 is 0 Å². The third-order valence-corrected chi connectivity index (χ3v) is 2.11. The molecular formula is C7H10. The molecule has 1 fully saturated rings. The Balaban J connectivity index is 2.10. The van der Waals surface area contributed by atoms with Crippen LogP contribution < -0.4 is 0 Å². The van der Waals surface area contributed by atoms with Gasteiger partial charge in [-0.1, -0.05) is 12.2 Å². The minimum Gasteiger partial charge on any atom is -0.0882 e. The molecule has 0 saturated heterocycles. The number of rotatable bonds is 0. The number of allylic oxidation sites excluding steroid dienone is 2. The molecule has 38 valence electrons. The van der Waals surface area contributed by atoms with Crippen molar-refractivity contribution in [3.8, 4) is 0 Å². The molecule has 0 amide bonds. The second-order valence-corrected chi connectivity index (χ2v) is 2.70. The molecule has 0 unspecified atom stereocenters. The lowest BCUT2D eigenvalue weighted by Gasteiger charge is -1.96. The summed E-state index contributed by atoms with van der Waals surface area (Å²) in [6, 6.07) is 0. The predicted molar refractivity (Wildman–Crippen MR) is 30.0 cm³/mol. The zero-order chi connectivity index (χ0) is 4.69. The highest BCUT2D eigenvalue weighted by Crippen LogP contribution is 2.46. The van der Waals surface area contributed by atoms with Crippen molar-refractivity contribution in [1.29, 1.82) is 0 Å². The summed E-state index contributed by atoms with van der Waals surface area (Å²) in [4.78, 5) is 0. The summed E-state index contributed by atoms with van der Waals surface area (Å²) in [5, 5.41) is 0. The van der Waals surface area contributed by atoms with Crippen molar-refractivity contribution in [3.05, 3.63) is 12.2 Å². The van der Waals surface area contributed by atoms with Gasteiger partial charge in [0.15, 0.2) is 0 Å². The van der Waals surface area contributed by atoms with Gasteiger partial charge in [-0.25, -0.2) is 0 Å². The lowest BCUT2D eigenvalue weighted by atomic mass is 10.1. The van der Waals surface area contributed by atoms with E-state index in [1.54, 1.807) is 0 Å². The molecule has 0 spiro atoms. The summed E-state index contributed by atoms with van der Waals surface area (Å²) >= 11 is 0. The Labute approximate surface area is 44.2 Å². The van der Waals surface area contributed by atoms with Crippen molar-refractivity contribution < 1.29 is 0 Å². The van der Waals surface area contributed by atoms with E-state index in [4.69, 9.17) is 0 Å². The summed E-state index contributed by atoms with van der Waals surface area (Å²) in [6.07, 6.45) is 8.94. The summed E-state index contributed by atoms with van der Waals surface area (Å²) in [5.41, 5.74) is 0. The minimum atomic E-state index is 1.12. The van der Waals surface area contributed by atoms with Crippen molar-refractivity contribution in [1.82, 2.24) is 0 Å². The molecular weight excluding hydrogens is 84.1 g/mol. The van der Waals surface area contributed by atoms with E-state index >= 15 is 0 Å². The van der Waals surface area contributed by atoms with E-state index in [2.05, 4.69) is 12.2 Å². The second kappa shape index (κ2) is 1.12. The molecule has 0 aromatic carbocycles. The third-order valence-electron chi connectivity index (χ3n) is 2.11. The Morgan fingerprint density at radius 2 is 1.57 bits per heavy atom. The maximum absolute atomic E-state index is 2.33. The lowest BCUT2D eigenvalue weighted by Crippen LogP contribution is -1.83. The summed E-state index contributed by atoms with van der Waals surface area (Å²) in [5.74, 6) is 2.23. The van der Waals surface area contributed by atoms with Crippen molar-refractivity contribution >= 4 is 0 Å². The largest absolute Gasteiger partial charge is 0.0882 e. The van der Waals surface area contributed by atoms with Crippen LogP contribution in [0.1, 0.15) is 19.3 Å². The van der Waals surface area contributed by atoms with Crippen molar-refractivity contribution in [3.63, 3.8) is 0 Å². The summed E-state index contributed by atoms with van der Waals surface area (Å²) in [6.45, 7) is 0. The highest BCUT2D eigenvalue weighted by atomic mass is 14.4. The molecule has 0 N–H and O–H groups in total. The van der Waals surface area contributed by atoms with Crippen LogP contribution in [0.2, 0.25) is 0 Å². The first-order valence-electron chi connectivity index (χ1n) is 3.12. The van der Waals surface area contributed by atoms with Gasteiger partial charge in [0.05, 0.1) is 0 Å². The van der Waals surface area contributed by atoms with Crippen LogP contribution in [0, 0.1) is 11.8 Å². The van der Waals surface area contributed by atoms with Gasteiger partial charge in [0, 0.05) is 0 Å². The molecule has 0 radical (unpaired) electrons. The van der Waals surface area contributed by atoms with Crippen LogP contribution >= 0.6 is 0 Å². The molecule has 0 nitrogen and oxygen atoms in total. The second-order valence-electron chi connectivity index (χ2n) is 2.70. The highest BCUT2D eigenvalue weighted by molar-refractivity contribution is 5.02. The molecule has 0 aliphatic heterocycles. The van der Waals surface area contributed by atoms with E-state index in [9.17, 15) is 0 Å². The Hall–Kier alpha value is -0.260. The predicted octanol–water partition coefficient (Wildman–Crippen LogP) is 1.97. The fourth-order valence-electron chi connectivity index (χ4n) is 1.43. The number of hydrogen-bond acceptors (Lipinski definition) is 0. The van der Waals surface area contributed by atoms with Crippen molar-refractivity contribution in [2.75, 3.05) is 0 Å². The van der Waals surface area contributed by atoms with Crippen LogP contribution in [0.25, 0.3) is 0 Å². The van der Waals surface area contributed by atoms with Crippen LogP contribution in [0.3, 0.4) is 0 Å². The quantitative estimate of drug-likeness (QED) is 0.402. The molecule has 0 aromatic rings. The molecule has 0 heterocycles. The van der Waals surface area contributed by atoms with Crippen molar-refractivity contribution in [2.45, 2.75) is 19.3 Å². The van der Waals surface area contributed by atoms with E-state index in [0.29, 0.717) is 0 Å². The van der Waals surface area contributed by atoms with Crippen LogP contribution in [0.4, 0.5) is 0 Å². The summed E-state index contributed by atoms with van der Waals surface area (Å²) in [7, 11) is 0. The SMILES string of the molecule is C1=CC[C@H]2C[C@H]2C1. The van der Waals surface area contributed by atoms with Crippen molar-refractivity contribution in [2.24, 2.45) is 11.8 Å². The Morgan fingerprint density at radius 1 is 1.00 bits per heavy atom. The molecule has 1 saturated carbocycles. The zero-order valence-electron chi connectivity index (χ0n) is 4.43. The highest BCUT2D eigenvalue weighted by Gasteiger charge is 2.36. The molecule has 2 aliphatic rings. The van der Waals surface area contributed by atoms with E-state index in [0.717, 1.165) is 11.8 Å². The first-order chi connectivity index (χ1) is 3.47. The minimum absolute atomic E-state index is 1.12. The Bertz CT molecular complexity index is 90.6. The third kappa shape index (κ3) is 0.495. The monoisotopic (exact) mass is 94.1 g/mol. The lowest BCUT2D eigenvalue weighted by molar-refractivity contribution is 0.689. The Morgan fingerprint density at radius 3 is 2.00 bits per heavy atom. The topological polar surface area (TPSA) is 0 Å². The van der Waals surface area contributed by atoms with E-state index in [-0.39, 0.29) is 0 Å². The van der Waals surface area contributed by atoms with Gasteiger partial charge in [-0.15, -0.1) is 0 Å². The molecule has 2 atom stereocenters. The van der Waals surface area contributed by atoms with E-state index in [1.165, 1.54) is 19.3 Å². The smallest absolute Gasteiger partial charge is 0.0319 e. The van der Waals surface area contributed by atoms with Crippen LogP contribution in [-0.4, -0.2) is 0 Å². The average molecular weight is 94.2 g/mol. The van der Waals surface area contributed by atoms with Gasteiger partial charge < -0.3 is 0 Å². The van der Waals surface area contributed by atoms with Crippen LogP contribution in [-0.2, 0) is 0 Å². The number of hydrogen-bond donors (Lipinski definition) is 0. The fourth-order valence-corrected chi connectivity index (χ4v) is 1.43. The summed E-state index contributed by atoms with van der Waals surface area (Å²) < 4.78 is 0. The first-order valence-corrected chi connectivity index (χ1v) is 3.12. The van der Waals surface area contributed by atoms with Gasteiger partial charge in [0.2, 0.25) is 0 Å². The van der Waals surface area contributed by atoms with Gasteiger partial charge in [-0.05, 0) is 31.1 Å². The maximum atomic E-state index is 2.33. The normalized spacial score (nSPS) is 45.7. The fraction of sp³-hybridized carbons (Fsp3) is 0.714. The van der Waals surface area contributed by atoms with Crippen LogP contribution in [0.5, 0.6) is 0 Å². The molecule has 0 bridgehead atoms. The zero-order valence-corrected chi connectivity index (χ0v) is 4.43.